The molecule has 0 spiro atoms. The highest BCUT2D eigenvalue weighted by molar-refractivity contribution is 5.38. The summed E-state index contributed by atoms with van der Waals surface area (Å²) in [6, 6.07) is 6.11. The SMILES string of the molecule is CCOCCNCCN1CCN(c2ccccn2)CC1. The van der Waals surface area contributed by atoms with Crippen molar-refractivity contribution in [1.82, 2.24) is 15.2 Å². The summed E-state index contributed by atoms with van der Waals surface area (Å²) in [4.78, 5) is 9.28. The Morgan fingerprint density at radius 3 is 2.75 bits per heavy atom. The maximum atomic E-state index is 5.30. The van der Waals surface area contributed by atoms with E-state index < -0.39 is 0 Å². The van der Waals surface area contributed by atoms with Crippen LogP contribution in [0.4, 0.5) is 5.82 Å². The van der Waals surface area contributed by atoms with Gasteiger partial charge >= 0.3 is 0 Å². The van der Waals surface area contributed by atoms with Crippen molar-refractivity contribution in [2.45, 2.75) is 6.92 Å². The molecule has 0 radical (unpaired) electrons. The van der Waals surface area contributed by atoms with E-state index in [2.05, 4.69) is 32.2 Å². The van der Waals surface area contributed by atoms with E-state index in [9.17, 15) is 0 Å². The lowest BCUT2D eigenvalue weighted by Gasteiger charge is -2.35. The molecule has 1 aliphatic rings. The van der Waals surface area contributed by atoms with E-state index in [4.69, 9.17) is 4.74 Å². The second-order valence-electron chi connectivity index (χ2n) is 4.96. The van der Waals surface area contributed by atoms with E-state index in [1.165, 1.54) is 0 Å². The van der Waals surface area contributed by atoms with Crippen LogP contribution >= 0.6 is 0 Å². The second kappa shape index (κ2) is 8.89. The fraction of sp³-hybridized carbons (Fsp3) is 0.667. The third-order valence-electron chi connectivity index (χ3n) is 3.58. The van der Waals surface area contributed by atoms with Gasteiger partial charge in [0, 0.05) is 58.6 Å². The molecule has 1 aliphatic heterocycles. The van der Waals surface area contributed by atoms with Crippen molar-refractivity contribution in [3.63, 3.8) is 0 Å². The van der Waals surface area contributed by atoms with Gasteiger partial charge in [-0.3, -0.25) is 4.90 Å². The van der Waals surface area contributed by atoms with E-state index in [0.717, 1.165) is 64.8 Å². The van der Waals surface area contributed by atoms with Crippen LogP contribution in [0.15, 0.2) is 24.4 Å². The normalized spacial score (nSPS) is 16.6. The van der Waals surface area contributed by atoms with Crippen molar-refractivity contribution in [1.29, 1.82) is 0 Å². The highest BCUT2D eigenvalue weighted by Gasteiger charge is 2.16. The third-order valence-corrected chi connectivity index (χ3v) is 3.58. The van der Waals surface area contributed by atoms with E-state index >= 15 is 0 Å². The number of rotatable bonds is 8. The summed E-state index contributed by atoms with van der Waals surface area (Å²) >= 11 is 0. The van der Waals surface area contributed by atoms with Crippen LogP contribution in [-0.2, 0) is 4.74 Å². The van der Waals surface area contributed by atoms with Gasteiger partial charge in [0.15, 0.2) is 0 Å². The van der Waals surface area contributed by atoms with Crippen molar-refractivity contribution in [2.75, 3.05) is 63.9 Å². The molecular formula is C15H26N4O. The van der Waals surface area contributed by atoms with E-state index in [0.29, 0.717) is 0 Å². The van der Waals surface area contributed by atoms with Crippen LogP contribution in [0.3, 0.4) is 0 Å². The van der Waals surface area contributed by atoms with Gasteiger partial charge in [0.05, 0.1) is 6.61 Å². The van der Waals surface area contributed by atoms with Gasteiger partial charge < -0.3 is 15.0 Å². The lowest BCUT2D eigenvalue weighted by atomic mass is 10.3. The smallest absolute Gasteiger partial charge is 0.128 e. The van der Waals surface area contributed by atoms with Crippen molar-refractivity contribution in [3.05, 3.63) is 24.4 Å². The lowest BCUT2D eigenvalue weighted by Crippen LogP contribution is -2.48. The van der Waals surface area contributed by atoms with Crippen molar-refractivity contribution < 1.29 is 4.74 Å². The van der Waals surface area contributed by atoms with Crippen LogP contribution in [0.5, 0.6) is 0 Å². The van der Waals surface area contributed by atoms with Crippen LogP contribution in [0.25, 0.3) is 0 Å². The monoisotopic (exact) mass is 278 g/mol. The minimum Gasteiger partial charge on any atom is -0.380 e. The van der Waals surface area contributed by atoms with Crippen LogP contribution in [0, 0.1) is 0 Å². The lowest BCUT2D eigenvalue weighted by molar-refractivity contribution is 0.148. The highest BCUT2D eigenvalue weighted by atomic mass is 16.5. The summed E-state index contributed by atoms with van der Waals surface area (Å²) in [7, 11) is 0. The Hall–Kier alpha value is -1.17. The molecule has 5 nitrogen and oxygen atoms in total. The van der Waals surface area contributed by atoms with Crippen LogP contribution in [0.1, 0.15) is 6.92 Å². The van der Waals surface area contributed by atoms with E-state index in [1.54, 1.807) is 0 Å². The van der Waals surface area contributed by atoms with Gasteiger partial charge in [0.1, 0.15) is 5.82 Å². The highest BCUT2D eigenvalue weighted by Crippen LogP contribution is 2.11. The van der Waals surface area contributed by atoms with Crippen LogP contribution in [-0.4, -0.2) is 68.9 Å². The summed E-state index contributed by atoms with van der Waals surface area (Å²) in [5.74, 6) is 1.10. The van der Waals surface area contributed by atoms with Gasteiger partial charge in [-0.05, 0) is 19.1 Å². The molecule has 0 amide bonds. The number of hydrogen-bond donors (Lipinski definition) is 1. The molecule has 1 N–H and O–H groups in total. The molecule has 1 fully saturated rings. The standard InChI is InChI=1S/C15H26N4O/c1-2-20-14-8-16-7-9-18-10-12-19(13-11-18)15-5-3-4-6-17-15/h3-6,16H,2,7-14H2,1H3. The third kappa shape index (κ3) is 5.07. The fourth-order valence-electron chi connectivity index (χ4n) is 2.39. The van der Waals surface area contributed by atoms with Crippen LogP contribution < -0.4 is 10.2 Å². The first-order valence-electron chi connectivity index (χ1n) is 7.57. The Balaban J connectivity index is 1.58. The predicted octanol–water partition coefficient (Wildman–Crippen LogP) is 0.830. The zero-order valence-corrected chi connectivity index (χ0v) is 12.4. The number of ether oxygens (including phenoxy) is 1. The first kappa shape index (κ1) is 15.2. The molecular weight excluding hydrogens is 252 g/mol. The average Bonchev–Trinajstić information content (AvgIpc) is 2.52. The van der Waals surface area contributed by atoms with Crippen molar-refractivity contribution in [2.24, 2.45) is 0 Å². The minimum absolute atomic E-state index is 0.803. The molecule has 0 saturated carbocycles. The second-order valence-corrected chi connectivity index (χ2v) is 4.96. The molecule has 2 rings (SSSR count). The molecule has 112 valence electrons. The Bertz CT molecular complexity index is 352. The summed E-state index contributed by atoms with van der Waals surface area (Å²) in [6.07, 6.45) is 1.87. The van der Waals surface area contributed by atoms with Crippen molar-refractivity contribution >= 4 is 5.82 Å². The van der Waals surface area contributed by atoms with E-state index in [1.807, 2.05) is 19.2 Å². The van der Waals surface area contributed by atoms with Gasteiger partial charge in [-0.2, -0.15) is 0 Å². The van der Waals surface area contributed by atoms with Gasteiger partial charge in [-0.1, -0.05) is 6.07 Å². The summed E-state index contributed by atoms with van der Waals surface area (Å²) in [6.45, 7) is 11.1. The van der Waals surface area contributed by atoms with E-state index in [-0.39, 0.29) is 0 Å². The number of piperazine rings is 1. The molecule has 1 aromatic heterocycles. The predicted molar refractivity (Wildman–Crippen MR) is 82.3 cm³/mol. The van der Waals surface area contributed by atoms with Gasteiger partial charge in [0.2, 0.25) is 0 Å². The largest absolute Gasteiger partial charge is 0.380 e. The Morgan fingerprint density at radius 1 is 1.20 bits per heavy atom. The Labute approximate surface area is 121 Å². The quantitative estimate of drug-likeness (QED) is 0.713. The Kier molecular flexibility index (Phi) is 6.77. The molecule has 1 saturated heterocycles. The number of nitrogens with zero attached hydrogens (tertiary/aromatic N) is 3. The summed E-state index contributed by atoms with van der Waals surface area (Å²) in [5.41, 5.74) is 0. The van der Waals surface area contributed by atoms with Crippen LogP contribution in [0.2, 0.25) is 0 Å². The molecule has 0 bridgehead atoms. The molecule has 5 heteroatoms. The maximum Gasteiger partial charge on any atom is 0.128 e. The maximum absolute atomic E-state index is 5.30. The molecule has 20 heavy (non-hydrogen) atoms. The summed E-state index contributed by atoms with van der Waals surface area (Å²) in [5, 5.41) is 3.42. The topological polar surface area (TPSA) is 40.6 Å². The number of nitrogens with one attached hydrogen (secondary N) is 1. The first-order chi connectivity index (χ1) is 9.90. The zero-order valence-electron chi connectivity index (χ0n) is 12.4. The van der Waals surface area contributed by atoms with Crippen molar-refractivity contribution in [3.8, 4) is 0 Å². The number of aromatic nitrogens is 1. The van der Waals surface area contributed by atoms with Gasteiger partial charge in [-0.25, -0.2) is 4.98 Å². The van der Waals surface area contributed by atoms with Gasteiger partial charge in [-0.15, -0.1) is 0 Å². The Morgan fingerprint density at radius 2 is 2.05 bits per heavy atom. The molecule has 0 atom stereocenters. The summed E-state index contributed by atoms with van der Waals surface area (Å²) < 4.78 is 5.30. The molecule has 0 aliphatic carbocycles. The average molecular weight is 278 g/mol. The number of pyridine rings is 1. The first-order valence-corrected chi connectivity index (χ1v) is 7.57. The molecule has 1 aromatic rings. The van der Waals surface area contributed by atoms with Gasteiger partial charge in [0.25, 0.3) is 0 Å². The number of anilines is 1. The zero-order chi connectivity index (χ0) is 14.0. The molecule has 2 heterocycles. The molecule has 0 aromatic carbocycles. The number of hydrogen-bond acceptors (Lipinski definition) is 5. The minimum atomic E-state index is 0.803. The molecule has 0 unspecified atom stereocenters. The fourth-order valence-corrected chi connectivity index (χ4v) is 2.39.